The van der Waals surface area contributed by atoms with Crippen LogP contribution in [-0.2, 0) is 9.59 Å². The van der Waals surface area contributed by atoms with Gasteiger partial charge in [-0.25, -0.2) is 4.79 Å². The van der Waals surface area contributed by atoms with E-state index >= 15 is 0 Å². The van der Waals surface area contributed by atoms with Gasteiger partial charge in [0.25, 0.3) is 0 Å². The molecule has 14 heavy (non-hydrogen) atoms. The van der Waals surface area contributed by atoms with Crippen molar-refractivity contribution in [3.63, 3.8) is 0 Å². The van der Waals surface area contributed by atoms with E-state index in [1.54, 1.807) is 0 Å². The molecule has 0 saturated heterocycles. The number of nitrogens with one attached hydrogen (secondary N) is 1. The van der Waals surface area contributed by atoms with Crippen LogP contribution in [0.5, 0.6) is 0 Å². The maximum absolute atomic E-state index is 11.1. The van der Waals surface area contributed by atoms with E-state index in [9.17, 15) is 14.7 Å². The summed E-state index contributed by atoms with van der Waals surface area (Å²) in [6.07, 6.45) is 0.891. The minimum absolute atomic E-state index is 0.223. The molecule has 0 aliphatic heterocycles. The number of hydrogen-bond acceptors (Lipinski definition) is 3. The van der Waals surface area contributed by atoms with Gasteiger partial charge in [0.15, 0.2) is 0 Å². The summed E-state index contributed by atoms with van der Waals surface area (Å²) in [5.74, 6) is -1.54. The van der Waals surface area contributed by atoms with Gasteiger partial charge < -0.3 is 15.5 Å². The Morgan fingerprint density at radius 2 is 1.93 bits per heavy atom. The smallest absolute Gasteiger partial charge is 0.356 e. The Hall–Kier alpha value is -1.10. The molecule has 3 N–H and O–H groups in total. The molecule has 0 fully saturated rings. The first kappa shape index (κ1) is 12.9. The Morgan fingerprint density at radius 3 is 2.29 bits per heavy atom. The Bertz CT molecular complexity index is 223. The van der Waals surface area contributed by atoms with E-state index in [2.05, 4.69) is 0 Å². The van der Waals surface area contributed by atoms with E-state index in [0.29, 0.717) is 12.3 Å². The van der Waals surface area contributed by atoms with Gasteiger partial charge in [-0.1, -0.05) is 13.8 Å². The summed E-state index contributed by atoms with van der Waals surface area (Å²) in [6.45, 7) is 4.95. The Balaban J connectivity index is 4.00. The van der Waals surface area contributed by atoms with Gasteiger partial charge in [-0.05, 0) is 19.3 Å². The predicted molar refractivity (Wildman–Crippen MR) is 50.5 cm³/mol. The van der Waals surface area contributed by atoms with E-state index in [4.69, 9.17) is 5.11 Å². The number of carboxylic acid groups (broad SMARTS) is 1. The number of aliphatic hydroxyl groups is 1. The van der Waals surface area contributed by atoms with Crippen LogP contribution in [-0.4, -0.2) is 27.8 Å². The maximum Gasteiger partial charge on any atom is 0.356 e. The van der Waals surface area contributed by atoms with Crippen LogP contribution in [0.1, 0.15) is 33.6 Å². The first-order valence-electron chi connectivity index (χ1n) is 4.52. The minimum Gasteiger partial charge on any atom is -0.478 e. The third kappa shape index (κ3) is 4.81. The molecule has 0 radical (unpaired) electrons. The normalized spacial score (nSPS) is 14.9. The summed E-state index contributed by atoms with van der Waals surface area (Å²) >= 11 is 0. The lowest BCUT2D eigenvalue weighted by Gasteiger charge is -2.19. The molecular weight excluding hydrogens is 186 g/mol. The van der Waals surface area contributed by atoms with Crippen LogP contribution in [0.4, 0.5) is 0 Å². The fourth-order valence-electron chi connectivity index (χ4n) is 0.807. The fraction of sp³-hybridized carbons (Fsp3) is 0.778. The lowest BCUT2D eigenvalue weighted by atomic mass is 10.1. The van der Waals surface area contributed by atoms with Gasteiger partial charge in [-0.15, -0.1) is 0 Å². The number of hydrogen-bond donors (Lipinski definition) is 3. The average Bonchev–Trinajstić information content (AvgIpc) is 1.99. The van der Waals surface area contributed by atoms with Crippen LogP contribution in [0.2, 0.25) is 0 Å². The summed E-state index contributed by atoms with van der Waals surface area (Å²) in [5.41, 5.74) is -2.17. The Kier molecular flexibility index (Phi) is 4.56. The van der Waals surface area contributed by atoms with E-state index in [-0.39, 0.29) is 6.42 Å². The van der Waals surface area contributed by atoms with Crippen LogP contribution in [0, 0.1) is 5.92 Å². The Labute approximate surface area is 83.1 Å². The second-order valence-corrected chi connectivity index (χ2v) is 3.86. The molecule has 0 aromatic carbocycles. The van der Waals surface area contributed by atoms with Crippen molar-refractivity contribution >= 4 is 11.9 Å². The summed E-state index contributed by atoms with van der Waals surface area (Å²) in [7, 11) is 0. The third-order valence-electron chi connectivity index (χ3n) is 1.75. The first-order valence-corrected chi connectivity index (χ1v) is 4.52. The maximum atomic E-state index is 11.1. The van der Waals surface area contributed by atoms with Gasteiger partial charge in [0.05, 0.1) is 0 Å². The van der Waals surface area contributed by atoms with Crippen molar-refractivity contribution in [3.8, 4) is 0 Å². The summed E-state index contributed by atoms with van der Waals surface area (Å²) in [5, 5.41) is 19.7. The lowest BCUT2D eigenvalue weighted by molar-refractivity contribution is -0.163. The van der Waals surface area contributed by atoms with Gasteiger partial charge in [-0.3, -0.25) is 4.79 Å². The molecule has 0 heterocycles. The van der Waals surface area contributed by atoms with E-state index in [1.165, 1.54) is 0 Å². The lowest BCUT2D eigenvalue weighted by Crippen LogP contribution is -2.52. The van der Waals surface area contributed by atoms with Crippen molar-refractivity contribution in [2.24, 2.45) is 5.92 Å². The average molecular weight is 203 g/mol. The van der Waals surface area contributed by atoms with Crippen molar-refractivity contribution in [1.29, 1.82) is 0 Å². The third-order valence-corrected chi connectivity index (χ3v) is 1.75. The summed E-state index contributed by atoms with van der Waals surface area (Å²) in [4.78, 5) is 21.6. The fourth-order valence-corrected chi connectivity index (χ4v) is 0.807. The zero-order valence-corrected chi connectivity index (χ0v) is 8.70. The quantitative estimate of drug-likeness (QED) is 0.562. The van der Waals surface area contributed by atoms with Gasteiger partial charge in [0.2, 0.25) is 11.6 Å². The molecule has 0 aromatic heterocycles. The number of rotatable bonds is 5. The van der Waals surface area contributed by atoms with E-state index in [1.807, 2.05) is 19.2 Å². The number of aliphatic carboxylic acids is 1. The molecule has 0 aliphatic carbocycles. The molecule has 82 valence electrons. The number of carbonyl (C=O) groups is 2. The molecule has 0 spiro atoms. The van der Waals surface area contributed by atoms with Gasteiger partial charge in [0.1, 0.15) is 0 Å². The zero-order valence-electron chi connectivity index (χ0n) is 8.70. The highest BCUT2D eigenvalue weighted by Gasteiger charge is 2.31. The molecule has 1 amide bonds. The largest absolute Gasteiger partial charge is 0.478 e. The Morgan fingerprint density at radius 1 is 1.43 bits per heavy atom. The summed E-state index contributed by atoms with van der Waals surface area (Å²) in [6, 6.07) is 0. The molecule has 0 bridgehead atoms. The molecule has 5 nitrogen and oxygen atoms in total. The van der Waals surface area contributed by atoms with Crippen LogP contribution >= 0.6 is 0 Å². The van der Waals surface area contributed by atoms with Crippen LogP contribution in [0.3, 0.4) is 0 Å². The SMILES string of the molecule is CC(C)CCC(=O)NC(C)(O)C(=O)O. The van der Waals surface area contributed by atoms with Gasteiger partial charge in [-0.2, -0.15) is 0 Å². The van der Waals surface area contributed by atoms with Crippen molar-refractivity contribution in [1.82, 2.24) is 5.32 Å². The van der Waals surface area contributed by atoms with E-state index < -0.39 is 17.6 Å². The molecule has 5 heteroatoms. The molecule has 0 rings (SSSR count). The van der Waals surface area contributed by atoms with E-state index in [0.717, 1.165) is 6.92 Å². The summed E-state index contributed by atoms with van der Waals surface area (Å²) < 4.78 is 0. The number of carbonyl (C=O) groups excluding carboxylic acids is 1. The highest BCUT2D eigenvalue weighted by atomic mass is 16.4. The highest BCUT2D eigenvalue weighted by molar-refractivity contribution is 5.85. The molecule has 0 saturated carbocycles. The zero-order chi connectivity index (χ0) is 11.4. The molecular formula is C9H17NO4. The van der Waals surface area contributed by atoms with Gasteiger partial charge >= 0.3 is 5.97 Å². The van der Waals surface area contributed by atoms with Crippen molar-refractivity contribution in [2.75, 3.05) is 0 Å². The first-order chi connectivity index (χ1) is 6.25. The second kappa shape index (κ2) is 4.95. The number of carboxylic acids is 1. The minimum atomic E-state index is -2.17. The van der Waals surface area contributed by atoms with Crippen molar-refractivity contribution in [2.45, 2.75) is 39.3 Å². The van der Waals surface area contributed by atoms with Crippen LogP contribution in [0.15, 0.2) is 0 Å². The number of amides is 1. The predicted octanol–water partition coefficient (Wildman–Crippen LogP) is 0.332. The molecule has 1 atom stereocenters. The highest BCUT2D eigenvalue weighted by Crippen LogP contribution is 2.05. The monoisotopic (exact) mass is 203 g/mol. The van der Waals surface area contributed by atoms with Gasteiger partial charge in [0, 0.05) is 6.42 Å². The van der Waals surface area contributed by atoms with Crippen molar-refractivity contribution in [3.05, 3.63) is 0 Å². The standard InChI is InChI=1S/C9H17NO4/c1-6(2)4-5-7(11)10-9(3,14)8(12)13/h6,14H,4-5H2,1-3H3,(H,10,11)(H,12,13). The van der Waals surface area contributed by atoms with Crippen LogP contribution in [0.25, 0.3) is 0 Å². The van der Waals surface area contributed by atoms with Crippen molar-refractivity contribution < 1.29 is 19.8 Å². The molecule has 0 aromatic rings. The topological polar surface area (TPSA) is 86.6 Å². The van der Waals surface area contributed by atoms with Crippen LogP contribution < -0.4 is 5.32 Å². The molecule has 1 unspecified atom stereocenters. The second-order valence-electron chi connectivity index (χ2n) is 3.86. The molecule has 0 aliphatic rings.